The summed E-state index contributed by atoms with van der Waals surface area (Å²) >= 11 is 0. The largest absolute Gasteiger partial charge is 0.383 e. The van der Waals surface area contributed by atoms with Crippen molar-refractivity contribution in [1.82, 2.24) is 9.97 Å². The van der Waals surface area contributed by atoms with Gasteiger partial charge in [0.2, 0.25) is 0 Å². The Bertz CT molecular complexity index is 600. The van der Waals surface area contributed by atoms with E-state index in [4.69, 9.17) is 5.73 Å². The van der Waals surface area contributed by atoms with Crippen molar-refractivity contribution < 1.29 is 0 Å². The summed E-state index contributed by atoms with van der Waals surface area (Å²) in [5.41, 5.74) is 10.3. The van der Waals surface area contributed by atoms with Crippen LogP contribution in [0.2, 0.25) is 0 Å². The highest BCUT2D eigenvalue weighted by molar-refractivity contribution is 5.64. The van der Waals surface area contributed by atoms with Crippen LogP contribution in [-0.2, 0) is 6.42 Å². The fraction of sp³-hybridized carbons (Fsp3) is 0.375. The predicted molar refractivity (Wildman–Crippen MR) is 84.4 cm³/mol. The molecule has 0 saturated heterocycles. The standard InChI is InChI=1S/C16H22N4/c1-5-6-14-19-15(17)12(4)16(20-14)18-13-8-10(2)7-11(3)9-13/h7-9H,5-6H2,1-4H3,(H3,17,18,19,20). The van der Waals surface area contributed by atoms with Gasteiger partial charge in [-0.15, -0.1) is 0 Å². The highest BCUT2D eigenvalue weighted by Crippen LogP contribution is 2.23. The van der Waals surface area contributed by atoms with Crippen LogP contribution < -0.4 is 11.1 Å². The molecule has 20 heavy (non-hydrogen) atoms. The zero-order valence-corrected chi connectivity index (χ0v) is 12.6. The van der Waals surface area contributed by atoms with Crippen LogP contribution in [0.15, 0.2) is 18.2 Å². The molecule has 0 radical (unpaired) electrons. The third kappa shape index (κ3) is 3.26. The van der Waals surface area contributed by atoms with Gasteiger partial charge in [0, 0.05) is 17.7 Å². The molecule has 1 heterocycles. The van der Waals surface area contributed by atoms with E-state index in [1.54, 1.807) is 0 Å². The van der Waals surface area contributed by atoms with Gasteiger partial charge in [0.25, 0.3) is 0 Å². The third-order valence-corrected chi connectivity index (χ3v) is 3.19. The maximum Gasteiger partial charge on any atom is 0.139 e. The van der Waals surface area contributed by atoms with E-state index in [0.29, 0.717) is 5.82 Å². The van der Waals surface area contributed by atoms with Gasteiger partial charge in [-0.25, -0.2) is 9.97 Å². The van der Waals surface area contributed by atoms with Crippen molar-refractivity contribution in [3.63, 3.8) is 0 Å². The van der Waals surface area contributed by atoms with Crippen LogP contribution in [0.3, 0.4) is 0 Å². The lowest BCUT2D eigenvalue weighted by molar-refractivity contribution is 0.836. The Balaban J connectivity index is 2.36. The number of aromatic nitrogens is 2. The number of nitrogens with one attached hydrogen (secondary N) is 1. The first-order valence-corrected chi connectivity index (χ1v) is 6.98. The summed E-state index contributed by atoms with van der Waals surface area (Å²) in [6, 6.07) is 6.35. The molecular weight excluding hydrogens is 248 g/mol. The number of nitrogens with two attached hydrogens (primary N) is 1. The van der Waals surface area contributed by atoms with Gasteiger partial charge in [0.15, 0.2) is 0 Å². The van der Waals surface area contributed by atoms with Crippen LogP contribution >= 0.6 is 0 Å². The van der Waals surface area contributed by atoms with Gasteiger partial charge < -0.3 is 11.1 Å². The van der Waals surface area contributed by atoms with Crippen molar-refractivity contribution in [2.45, 2.75) is 40.5 Å². The van der Waals surface area contributed by atoms with Gasteiger partial charge in [0.1, 0.15) is 17.5 Å². The van der Waals surface area contributed by atoms with Crippen LogP contribution in [0.1, 0.15) is 35.9 Å². The first-order chi connectivity index (χ1) is 9.49. The average molecular weight is 270 g/mol. The molecule has 0 aliphatic heterocycles. The zero-order chi connectivity index (χ0) is 14.7. The molecule has 0 bridgehead atoms. The van der Waals surface area contributed by atoms with E-state index in [0.717, 1.165) is 35.7 Å². The molecule has 4 heteroatoms. The lowest BCUT2D eigenvalue weighted by atomic mass is 10.1. The molecule has 0 fully saturated rings. The van der Waals surface area contributed by atoms with E-state index >= 15 is 0 Å². The Kier molecular flexibility index (Phi) is 4.23. The lowest BCUT2D eigenvalue weighted by Gasteiger charge is -2.13. The van der Waals surface area contributed by atoms with E-state index < -0.39 is 0 Å². The summed E-state index contributed by atoms with van der Waals surface area (Å²) in [7, 11) is 0. The molecule has 1 aromatic heterocycles. The number of benzene rings is 1. The van der Waals surface area contributed by atoms with Crippen LogP contribution in [0.4, 0.5) is 17.3 Å². The zero-order valence-electron chi connectivity index (χ0n) is 12.6. The molecule has 0 aliphatic rings. The van der Waals surface area contributed by atoms with Crippen LogP contribution in [-0.4, -0.2) is 9.97 Å². The molecule has 0 atom stereocenters. The van der Waals surface area contributed by atoms with Crippen LogP contribution in [0.5, 0.6) is 0 Å². The van der Waals surface area contributed by atoms with Crippen molar-refractivity contribution in [2.75, 3.05) is 11.1 Å². The highest BCUT2D eigenvalue weighted by Gasteiger charge is 2.09. The first kappa shape index (κ1) is 14.3. The van der Waals surface area contributed by atoms with E-state index in [2.05, 4.69) is 54.3 Å². The maximum absolute atomic E-state index is 5.97. The quantitative estimate of drug-likeness (QED) is 0.889. The van der Waals surface area contributed by atoms with Crippen molar-refractivity contribution >= 4 is 17.3 Å². The Morgan fingerprint density at radius 3 is 2.30 bits per heavy atom. The molecule has 0 unspecified atom stereocenters. The number of anilines is 3. The average Bonchev–Trinajstić information content (AvgIpc) is 2.34. The lowest BCUT2D eigenvalue weighted by Crippen LogP contribution is -2.07. The summed E-state index contributed by atoms with van der Waals surface area (Å²) in [6.45, 7) is 8.22. The summed E-state index contributed by atoms with van der Waals surface area (Å²) in [5.74, 6) is 2.14. The second-order valence-corrected chi connectivity index (χ2v) is 5.25. The smallest absolute Gasteiger partial charge is 0.139 e. The monoisotopic (exact) mass is 270 g/mol. The van der Waals surface area contributed by atoms with Gasteiger partial charge in [-0.3, -0.25) is 0 Å². The molecule has 0 aliphatic carbocycles. The summed E-state index contributed by atoms with van der Waals surface area (Å²) in [4.78, 5) is 8.90. The maximum atomic E-state index is 5.97. The highest BCUT2D eigenvalue weighted by atomic mass is 15.1. The minimum atomic E-state index is 0.551. The van der Waals surface area contributed by atoms with Crippen LogP contribution in [0.25, 0.3) is 0 Å². The molecule has 2 rings (SSSR count). The molecule has 3 N–H and O–H groups in total. The predicted octanol–water partition coefficient (Wildman–Crippen LogP) is 3.68. The number of hydrogen-bond acceptors (Lipinski definition) is 4. The molecule has 106 valence electrons. The third-order valence-electron chi connectivity index (χ3n) is 3.19. The second kappa shape index (κ2) is 5.90. The van der Waals surface area contributed by atoms with E-state index in [-0.39, 0.29) is 0 Å². The van der Waals surface area contributed by atoms with Gasteiger partial charge in [-0.05, 0) is 50.5 Å². The number of hydrogen-bond donors (Lipinski definition) is 2. The van der Waals surface area contributed by atoms with Gasteiger partial charge >= 0.3 is 0 Å². The van der Waals surface area contributed by atoms with E-state index in [1.165, 1.54) is 11.1 Å². The fourth-order valence-corrected chi connectivity index (χ4v) is 2.22. The Labute approximate surface area is 120 Å². The summed E-state index contributed by atoms with van der Waals surface area (Å²) in [5, 5.41) is 3.36. The van der Waals surface area contributed by atoms with Crippen molar-refractivity contribution in [3.8, 4) is 0 Å². The number of nitrogen functional groups attached to an aromatic ring is 1. The minimum Gasteiger partial charge on any atom is -0.383 e. The summed E-state index contributed by atoms with van der Waals surface area (Å²) in [6.07, 6.45) is 1.84. The number of aryl methyl sites for hydroxylation is 3. The first-order valence-electron chi connectivity index (χ1n) is 6.98. The van der Waals surface area contributed by atoms with Crippen molar-refractivity contribution in [3.05, 3.63) is 40.7 Å². The molecule has 4 nitrogen and oxygen atoms in total. The van der Waals surface area contributed by atoms with Crippen LogP contribution in [0, 0.1) is 20.8 Å². The second-order valence-electron chi connectivity index (χ2n) is 5.25. The van der Waals surface area contributed by atoms with Gasteiger partial charge in [-0.2, -0.15) is 0 Å². The van der Waals surface area contributed by atoms with E-state index in [9.17, 15) is 0 Å². The molecule has 2 aromatic rings. The van der Waals surface area contributed by atoms with Crippen molar-refractivity contribution in [2.24, 2.45) is 0 Å². The molecule has 0 spiro atoms. The molecule has 0 amide bonds. The van der Waals surface area contributed by atoms with Gasteiger partial charge in [0.05, 0.1) is 0 Å². The van der Waals surface area contributed by atoms with Gasteiger partial charge in [-0.1, -0.05) is 13.0 Å². The topological polar surface area (TPSA) is 63.8 Å². The molecule has 0 saturated carbocycles. The number of rotatable bonds is 4. The normalized spacial score (nSPS) is 10.6. The minimum absolute atomic E-state index is 0.551. The Morgan fingerprint density at radius 1 is 1.05 bits per heavy atom. The Hall–Kier alpha value is -2.10. The molecule has 1 aromatic carbocycles. The summed E-state index contributed by atoms with van der Waals surface area (Å²) < 4.78 is 0. The van der Waals surface area contributed by atoms with Crippen molar-refractivity contribution in [1.29, 1.82) is 0 Å². The van der Waals surface area contributed by atoms with E-state index in [1.807, 2.05) is 6.92 Å². The fourth-order valence-electron chi connectivity index (χ4n) is 2.22. The Morgan fingerprint density at radius 2 is 1.70 bits per heavy atom. The molecular formula is C16H22N4. The SMILES string of the molecule is CCCc1nc(N)c(C)c(Nc2cc(C)cc(C)c2)n1. The number of nitrogens with zero attached hydrogens (tertiary/aromatic N) is 2.